The van der Waals surface area contributed by atoms with E-state index in [2.05, 4.69) is 10.2 Å². The number of hydrogen-bond acceptors (Lipinski definition) is 5. The molecule has 3 rings (SSSR count). The minimum Gasteiger partial charge on any atom is -0.444 e. The Morgan fingerprint density at radius 2 is 1.62 bits per heavy atom. The van der Waals surface area contributed by atoms with E-state index < -0.39 is 0 Å². The third kappa shape index (κ3) is 3.27. The second kappa shape index (κ2) is 6.19. The molecule has 0 aliphatic rings. The molecular weight excluding hydrogens is 268 g/mol. The first-order valence-electron chi connectivity index (χ1n) is 6.55. The van der Waals surface area contributed by atoms with Crippen LogP contribution in [0.25, 0.3) is 11.5 Å². The van der Waals surface area contributed by atoms with E-state index in [0.29, 0.717) is 12.5 Å². The highest BCUT2D eigenvalue weighted by Crippen LogP contribution is 2.20. The molecule has 0 amide bonds. The molecule has 0 spiro atoms. The molecule has 106 valence electrons. The van der Waals surface area contributed by atoms with Gasteiger partial charge in [-0.15, -0.1) is 5.10 Å². The molecule has 2 aromatic carbocycles. The van der Waals surface area contributed by atoms with Gasteiger partial charge in [-0.05, 0) is 23.3 Å². The summed E-state index contributed by atoms with van der Waals surface area (Å²) < 4.78 is 10.9. The van der Waals surface area contributed by atoms with Crippen molar-refractivity contribution >= 4 is 0 Å². The number of aliphatic hydroxyl groups is 1. The molecule has 21 heavy (non-hydrogen) atoms. The Kier molecular flexibility index (Phi) is 3.93. The van der Waals surface area contributed by atoms with Crippen molar-refractivity contribution in [3.8, 4) is 17.5 Å². The Labute approximate surface area is 121 Å². The van der Waals surface area contributed by atoms with Crippen LogP contribution in [0.15, 0.2) is 59.0 Å². The lowest BCUT2D eigenvalue weighted by atomic mass is 10.1. The fourth-order valence-corrected chi connectivity index (χ4v) is 1.85. The maximum Gasteiger partial charge on any atom is 0.415 e. The van der Waals surface area contributed by atoms with Gasteiger partial charge in [-0.1, -0.05) is 47.6 Å². The van der Waals surface area contributed by atoms with Gasteiger partial charge in [-0.3, -0.25) is 0 Å². The zero-order valence-corrected chi connectivity index (χ0v) is 11.3. The summed E-state index contributed by atoms with van der Waals surface area (Å²) in [4.78, 5) is 0. The lowest BCUT2D eigenvalue weighted by molar-refractivity contribution is 0.222. The zero-order chi connectivity index (χ0) is 14.5. The normalized spacial score (nSPS) is 10.5. The smallest absolute Gasteiger partial charge is 0.415 e. The lowest BCUT2D eigenvalue weighted by Gasteiger charge is -2.02. The number of nitrogens with zero attached hydrogens (tertiary/aromatic N) is 2. The molecular formula is C16H14N2O3. The fourth-order valence-electron chi connectivity index (χ4n) is 1.85. The molecule has 1 heterocycles. The van der Waals surface area contributed by atoms with Gasteiger partial charge in [-0.25, -0.2) is 0 Å². The summed E-state index contributed by atoms with van der Waals surface area (Å²) in [5.41, 5.74) is 2.68. The lowest BCUT2D eigenvalue weighted by Crippen LogP contribution is -1.96. The highest BCUT2D eigenvalue weighted by Gasteiger charge is 2.09. The Bertz CT molecular complexity index is 693. The number of aliphatic hydroxyl groups excluding tert-OH is 1. The molecule has 5 nitrogen and oxygen atoms in total. The van der Waals surface area contributed by atoms with Crippen LogP contribution in [0, 0.1) is 0 Å². The van der Waals surface area contributed by atoms with E-state index in [9.17, 15) is 0 Å². The molecule has 5 heteroatoms. The first-order chi connectivity index (χ1) is 10.3. The summed E-state index contributed by atoms with van der Waals surface area (Å²) in [7, 11) is 0. The van der Waals surface area contributed by atoms with Crippen molar-refractivity contribution in [2.75, 3.05) is 0 Å². The van der Waals surface area contributed by atoms with Crippen LogP contribution in [0.3, 0.4) is 0 Å². The van der Waals surface area contributed by atoms with Crippen LogP contribution in [-0.2, 0) is 13.2 Å². The van der Waals surface area contributed by atoms with Gasteiger partial charge in [-0.2, -0.15) is 0 Å². The predicted octanol–water partition coefficient (Wildman–Crippen LogP) is 2.81. The van der Waals surface area contributed by atoms with Crippen LogP contribution in [0.4, 0.5) is 0 Å². The van der Waals surface area contributed by atoms with Gasteiger partial charge in [0.25, 0.3) is 5.89 Å². The van der Waals surface area contributed by atoms with Gasteiger partial charge >= 0.3 is 6.08 Å². The second-order valence-corrected chi connectivity index (χ2v) is 4.50. The van der Waals surface area contributed by atoms with Gasteiger partial charge in [0.1, 0.15) is 6.61 Å². The van der Waals surface area contributed by atoms with E-state index in [4.69, 9.17) is 14.3 Å². The second-order valence-electron chi connectivity index (χ2n) is 4.50. The van der Waals surface area contributed by atoms with Crippen molar-refractivity contribution in [1.29, 1.82) is 0 Å². The van der Waals surface area contributed by atoms with Gasteiger partial charge in [0, 0.05) is 5.56 Å². The third-order valence-electron chi connectivity index (χ3n) is 3.00. The van der Waals surface area contributed by atoms with Crippen molar-refractivity contribution in [2.24, 2.45) is 0 Å². The number of rotatable bonds is 5. The third-order valence-corrected chi connectivity index (χ3v) is 3.00. The molecule has 0 aliphatic carbocycles. The van der Waals surface area contributed by atoms with E-state index in [0.717, 1.165) is 16.7 Å². The molecule has 0 fully saturated rings. The summed E-state index contributed by atoms with van der Waals surface area (Å²) in [6, 6.07) is 17.0. The molecule has 0 saturated carbocycles. The molecule has 1 N–H and O–H groups in total. The Morgan fingerprint density at radius 1 is 0.905 bits per heavy atom. The van der Waals surface area contributed by atoms with Gasteiger partial charge in [0.15, 0.2) is 0 Å². The molecule has 0 saturated heterocycles. The maximum absolute atomic E-state index is 8.98. The Morgan fingerprint density at radius 3 is 2.33 bits per heavy atom. The van der Waals surface area contributed by atoms with E-state index >= 15 is 0 Å². The summed E-state index contributed by atoms with van der Waals surface area (Å²) in [5, 5.41) is 16.8. The molecule has 1 aromatic heterocycles. The molecule has 0 bridgehead atoms. The quantitative estimate of drug-likeness (QED) is 0.779. The van der Waals surface area contributed by atoms with Crippen molar-refractivity contribution in [3.05, 3.63) is 65.7 Å². The van der Waals surface area contributed by atoms with E-state index in [1.807, 2.05) is 54.6 Å². The molecule has 0 radical (unpaired) electrons. The topological polar surface area (TPSA) is 68.4 Å². The fraction of sp³-hybridized carbons (Fsp3) is 0.125. The standard InChI is InChI=1S/C16H14N2O3/c19-10-12-6-8-13(9-7-12)11-20-16-18-17-15(21-16)14-4-2-1-3-5-14/h1-9,19H,10-11H2. The van der Waals surface area contributed by atoms with Crippen molar-refractivity contribution in [2.45, 2.75) is 13.2 Å². The van der Waals surface area contributed by atoms with E-state index in [-0.39, 0.29) is 12.7 Å². The molecule has 0 aliphatic heterocycles. The summed E-state index contributed by atoms with van der Waals surface area (Å²) >= 11 is 0. The Balaban J connectivity index is 1.64. The highest BCUT2D eigenvalue weighted by atomic mass is 16.6. The summed E-state index contributed by atoms with van der Waals surface area (Å²) in [5.74, 6) is 0.432. The first kappa shape index (κ1) is 13.3. The van der Waals surface area contributed by atoms with Crippen molar-refractivity contribution in [3.63, 3.8) is 0 Å². The maximum atomic E-state index is 8.98. The van der Waals surface area contributed by atoms with Crippen molar-refractivity contribution in [1.82, 2.24) is 10.2 Å². The van der Waals surface area contributed by atoms with Crippen LogP contribution in [-0.4, -0.2) is 15.3 Å². The van der Waals surface area contributed by atoms with Gasteiger partial charge in [0.05, 0.1) is 6.61 Å². The molecule has 0 atom stereocenters. The molecule has 3 aromatic rings. The van der Waals surface area contributed by atoms with Crippen LogP contribution in [0.5, 0.6) is 6.08 Å². The molecule has 0 unspecified atom stereocenters. The largest absolute Gasteiger partial charge is 0.444 e. The number of hydrogen-bond donors (Lipinski definition) is 1. The SMILES string of the molecule is OCc1ccc(COc2nnc(-c3ccccc3)o2)cc1. The number of benzene rings is 2. The monoisotopic (exact) mass is 282 g/mol. The zero-order valence-electron chi connectivity index (χ0n) is 11.3. The average molecular weight is 282 g/mol. The Hall–Kier alpha value is -2.66. The minimum atomic E-state index is 0.0330. The van der Waals surface area contributed by atoms with Crippen LogP contribution >= 0.6 is 0 Å². The average Bonchev–Trinajstić information content (AvgIpc) is 3.03. The first-order valence-corrected chi connectivity index (χ1v) is 6.55. The predicted molar refractivity (Wildman–Crippen MR) is 76.4 cm³/mol. The van der Waals surface area contributed by atoms with Gasteiger partial charge < -0.3 is 14.3 Å². The summed E-state index contributed by atoms with van der Waals surface area (Å²) in [6.45, 7) is 0.368. The van der Waals surface area contributed by atoms with Crippen LogP contribution in [0.2, 0.25) is 0 Å². The van der Waals surface area contributed by atoms with Crippen LogP contribution in [0.1, 0.15) is 11.1 Å². The number of aromatic nitrogens is 2. The van der Waals surface area contributed by atoms with E-state index in [1.54, 1.807) is 0 Å². The highest BCUT2D eigenvalue weighted by molar-refractivity contribution is 5.51. The van der Waals surface area contributed by atoms with E-state index in [1.165, 1.54) is 0 Å². The summed E-state index contributed by atoms with van der Waals surface area (Å²) in [6.07, 6.45) is 0.139. The number of ether oxygens (including phenoxy) is 1. The van der Waals surface area contributed by atoms with Gasteiger partial charge in [0.2, 0.25) is 0 Å². The minimum absolute atomic E-state index is 0.0330. The van der Waals surface area contributed by atoms with Crippen LogP contribution < -0.4 is 4.74 Å². The van der Waals surface area contributed by atoms with Crippen molar-refractivity contribution < 1.29 is 14.3 Å².